The molecule has 5 rings (SSSR count). The normalized spacial score (nSPS) is 15.6. The average Bonchev–Trinajstić information content (AvgIpc) is 3.39. The van der Waals surface area contributed by atoms with Crippen LogP contribution in [0, 0.1) is 25.2 Å². The van der Waals surface area contributed by atoms with Crippen LogP contribution >= 0.6 is 0 Å². The molecule has 0 unspecified atom stereocenters. The number of allylic oxidation sites excluding steroid dienone is 1. The number of hydrogen-bond donors (Lipinski definition) is 0. The van der Waals surface area contributed by atoms with E-state index in [1.54, 1.807) is 0 Å². The molecule has 1 aromatic carbocycles. The molecule has 0 atom stereocenters. The van der Waals surface area contributed by atoms with E-state index >= 15 is 0 Å². The Morgan fingerprint density at radius 3 is 2.83 bits per heavy atom. The van der Waals surface area contributed by atoms with Gasteiger partial charge in [0.25, 0.3) is 0 Å². The van der Waals surface area contributed by atoms with Crippen molar-refractivity contribution in [3.8, 4) is 23.3 Å². The van der Waals surface area contributed by atoms with Crippen LogP contribution in [0.4, 0.5) is 0 Å². The van der Waals surface area contributed by atoms with Crippen molar-refractivity contribution in [2.45, 2.75) is 46.1 Å². The molecule has 0 spiro atoms. The fourth-order valence-corrected chi connectivity index (χ4v) is 4.34. The van der Waals surface area contributed by atoms with Gasteiger partial charge < -0.3 is 18.6 Å². The Bertz CT molecular complexity index is 1200. The standard InChI is InChI=1S/C23H23N5O2/c1-15-10-17(16(2)28(15)19-7-8-20-21(12-19)30-14-29-20)11-18(13-24)23-26-25-22-6-4-3-5-9-27(22)23/h7-8,10-12H,3-6,9,14H2,1-2H3/b18-11+. The molecule has 0 radical (unpaired) electrons. The second-order valence-corrected chi connectivity index (χ2v) is 7.77. The number of fused-ring (bicyclic) bond motifs is 2. The van der Waals surface area contributed by atoms with Gasteiger partial charge >= 0.3 is 0 Å². The van der Waals surface area contributed by atoms with Gasteiger partial charge in [0.05, 0.1) is 5.57 Å². The van der Waals surface area contributed by atoms with Gasteiger partial charge in [-0.2, -0.15) is 5.26 Å². The largest absolute Gasteiger partial charge is 0.454 e. The fourth-order valence-electron chi connectivity index (χ4n) is 4.34. The maximum Gasteiger partial charge on any atom is 0.231 e. The SMILES string of the molecule is Cc1cc(/C=C(\C#N)c2nnc3n2CCCCC3)c(C)n1-c1ccc2c(c1)OCO2. The smallest absolute Gasteiger partial charge is 0.231 e. The first-order chi connectivity index (χ1) is 14.7. The summed E-state index contributed by atoms with van der Waals surface area (Å²) >= 11 is 0. The molecule has 7 heteroatoms. The van der Waals surface area contributed by atoms with Crippen LogP contribution in [-0.4, -0.2) is 26.1 Å². The summed E-state index contributed by atoms with van der Waals surface area (Å²) in [6, 6.07) is 10.4. The predicted molar refractivity (Wildman–Crippen MR) is 112 cm³/mol. The van der Waals surface area contributed by atoms with Gasteiger partial charge in [-0.25, -0.2) is 0 Å². The van der Waals surface area contributed by atoms with E-state index in [2.05, 4.69) is 45.3 Å². The summed E-state index contributed by atoms with van der Waals surface area (Å²) in [6.07, 6.45) is 6.25. The van der Waals surface area contributed by atoms with E-state index in [0.717, 1.165) is 65.8 Å². The van der Waals surface area contributed by atoms with Crippen LogP contribution in [0.5, 0.6) is 11.5 Å². The van der Waals surface area contributed by atoms with E-state index in [-0.39, 0.29) is 6.79 Å². The molecule has 152 valence electrons. The van der Waals surface area contributed by atoms with Crippen molar-refractivity contribution in [1.82, 2.24) is 19.3 Å². The second kappa shape index (κ2) is 7.38. The third kappa shape index (κ3) is 3.05. The molecule has 2 aliphatic rings. The molecular weight excluding hydrogens is 378 g/mol. The molecular formula is C23H23N5O2. The minimum Gasteiger partial charge on any atom is -0.454 e. The summed E-state index contributed by atoms with van der Waals surface area (Å²) in [5, 5.41) is 18.6. The molecule has 0 amide bonds. The Balaban J connectivity index is 1.55. The Hall–Kier alpha value is -3.53. The number of aromatic nitrogens is 4. The van der Waals surface area contributed by atoms with Crippen molar-refractivity contribution in [3.63, 3.8) is 0 Å². The molecule has 0 saturated carbocycles. The summed E-state index contributed by atoms with van der Waals surface area (Å²) in [6.45, 7) is 5.24. The lowest BCUT2D eigenvalue weighted by molar-refractivity contribution is 0.174. The van der Waals surface area contributed by atoms with Crippen LogP contribution in [0.15, 0.2) is 24.3 Å². The lowest BCUT2D eigenvalue weighted by Crippen LogP contribution is -2.05. The molecule has 0 bridgehead atoms. The van der Waals surface area contributed by atoms with Gasteiger partial charge in [-0.1, -0.05) is 6.42 Å². The Morgan fingerprint density at radius 2 is 1.97 bits per heavy atom. The van der Waals surface area contributed by atoms with Crippen LogP contribution in [0.2, 0.25) is 0 Å². The van der Waals surface area contributed by atoms with E-state index in [9.17, 15) is 5.26 Å². The predicted octanol–water partition coefficient (Wildman–Crippen LogP) is 4.20. The maximum absolute atomic E-state index is 9.88. The quantitative estimate of drug-likeness (QED) is 0.615. The molecule has 0 saturated heterocycles. The summed E-state index contributed by atoms with van der Waals surface area (Å²) in [5.74, 6) is 3.17. The van der Waals surface area contributed by atoms with Crippen LogP contribution in [0.25, 0.3) is 17.3 Å². The number of aryl methyl sites for hydroxylation is 2. The van der Waals surface area contributed by atoms with Gasteiger partial charge in [-0.15, -0.1) is 10.2 Å². The number of benzene rings is 1. The zero-order valence-corrected chi connectivity index (χ0v) is 17.2. The highest BCUT2D eigenvalue weighted by molar-refractivity contribution is 5.88. The van der Waals surface area contributed by atoms with Crippen molar-refractivity contribution >= 4 is 11.6 Å². The summed E-state index contributed by atoms with van der Waals surface area (Å²) < 4.78 is 15.2. The van der Waals surface area contributed by atoms with Crippen LogP contribution in [0.3, 0.4) is 0 Å². The maximum atomic E-state index is 9.88. The minimum atomic E-state index is 0.255. The molecule has 7 nitrogen and oxygen atoms in total. The zero-order valence-electron chi connectivity index (χ0n) is 17.2. The summed E-state index contributed by atoms with van der Waals surface area (Å²) in [5.41, 5.74) is 4.67. The van der Waals surface area contributed by atoms with E-state index in [1.165, 1.54) is 6.42 Å². The van der Waals surface area contributed by atoms with Gasteiger partial charge in [0.1, 0.15) is 11.9 Å². The lowest BCUT2D eigenvalue weighted by Gasteiger charge is -2.10. The van der Waals surface area contributed by atoms with Gasteiger partial charge in [-0.3, -0.25) is 0 Å². The molecule has 3 aromatic rings. The van der Waals surface area contributed by atoms with Crippen molar-refractivity contribution in [1.29, 1.82) is 5.26 Å². The van der Waals surface area contributed by atoms with E-state index in [0.29, 0.717) is 11.4 Å². The van der Waals surface area contributed by atoms with E-state index in [4.69, 9.17) is 9.47 Å². The van der Waals surface area contributed by atoms with Crippen molar-refractivity contribution in [3.05, 3.63) is 52.9 Å². The summed E-state index contributed by atoms with van der Waals surface area (Å²) in [7, 11) is 0. The minimum absolute atomic E-state index is 0.255. The molecule has 4 heterocycles. The van der Waals surface area contributed by atoms with Crippen molar-refractivity contribution < 1.29 is 9.47 Å². The highest BCUT2D eigenvalue weighted by atomic mass is 16.7. The molecule has 0 N–H and O–H groups in total. The molecule has 0 fully saturated rings. The highest BCUT2D eigenvalue weighted by Gasteiger charge is 2.20. The third-order valence-corrected chi connectivity index (χ3v) is 5.86. The van der Waals surface area contributed by atoms with Gasteiger partial charge in [0, 0.05) is 36.1 Å². The first-order valence-electron chi connectivity index (χ1n) is 10.3. The topological polar surface area (TPSA) is 77.9 Å². The Labute approximate surface area is 175 Å². The lowest BCUT2D eigenvalue weighted by atomic mass is 10.1. The van der Waals surface area contributed by atoms with Gasteiger partial charge in [0.2, 0.25) is 6.79 Å². The highest BCUT2D eigenvalue weighted by Crippen LogP contribution is 2.35. The average molecular weight is 401 g/mol. The Morgan fingerprint density at radius 1 is 1.10 bits per heavy atom. The first kappa shape index (κ1) is 18.5. The third-order valence-electron chi connectivity index (χ3n) is 5.86. The van der Waals surface area contributed by atoms with Crippen molar-refractivity contribution in [2.24, 2.45) is 0 Å². The number of rotatable bonds is 3. The van der Waals surface area contributed by atoms with E-state index in [1.807, 2.05) is 24.3 Å². The van der Waals surface area contributed by atoms with Crippen LogP contribution in [0.1, 0.15) is 47.9 Å². The molecule has 30 heavy (non-hydrogen) atoms. The number of hydrogen-bond acceptors (Lipinski definition) is 5. The number of nitriles is 1. The number of nitrogens with zero attached hydrogens (tertiary/aromatic N) is 5. The van der Waals surface area contributed by atoms with Gasteiger partial charge in [-0.05, 0) is 56.5 Å². The second-order valence-electron chi connectivity index (χ2n) is 7.77. The Kier molecular flexibility index (Phi) is 4.55. The molecule has 0 aliphatic carbocycles. The van der Waals surface area contributed by atoms with Gasteiger partial charge in [0.15, 0.2) is 17.3 Å². The first-order valence-corrected chi connectivity index (χ1v) is 10.3. The van der Waals surface area contributed by atoms with Crippen molar-refractivity contribution in [2.75, 3.05) is 6.79 Å². The summed E-state index contributed by atoms with van der Waals surface area (Å²) in [4.78, 5) is 0. The number of ether oxygens (including phenoxy) is 2. The monoisotopic (exact) mass is 401 g/mol. The zero-order chi connectivity index (χ0) is 20.7. The fraction of sp³-hybridized carbons (Fsp3) is 0.348. The molecule has 2 aromatic heterocycles. The van der Waals surface area contributed by atoms with E-state index < -0.39 is 0 Å². The van der Waals surface area contributed by atoms with Crippen LogP contribution in [-0.2, 0) is 13.0 Å². The molecule has 2 aliphatic heterocycles. The van der Waals surface area contributed by atoms with Crippen LogP contribution < -0.4 is 9.47 Å².